The maximum Gasteiger partial charge on any atom is 0.409 e. The second-order valence-corrected chi connectivity index (χ2v) is 3.23. The molecule has 0 spiro atoms. The van der Waals surface area contributed by atoms with E-state index in [4.69, 9.17) is 4.74 Å². The first-order chi connectivity index (χ1) is 5.95. The molecule has 1 amide bonds. The van der Waals surface area contributed by atoms with E-state index in [0.29, 0.717) is 5.92 Å². The van der Waals surface area contributed by atoms with Gasteiger partial charge in [0.15, 0.2) is 0 Å². The molecule has 0 aromatic heterocycles. The normalized spacial score (nSPS) is 11.4. The van der Waals surface area contributed by atoms with Crippen LogP contribution in [0.5, 0.6) is 0 Å². The van der Waals surface area contributed by atoms with E-state index in [1.54, 1.807) is 14.1 Å². The van der Waals surface area contributed by atoms with Gasteiger partial charge >= 0.3 is 6.09 Å². The summed E-state index contributed by atoms with van der Waals surface area (Å²) in [5, 5.41) is 0. The SMILES string of the molecule is CC.CC(C)[C@H](C)OC(=O)N(C)C. The molecular formula is C10H23NO2. The number of carbonyl (C=O) groups excluding carboxylic acids is 1. The summed E-state index contributed by atoms with van der Waals surface area (Å²) in [5.74, 6) is 0.374. The molecule has 3 heteroatoms. The van der Waals surface area contributed by atoms with Crippen LogP contribution in [0.3, 0.4) is 0 Å². The summed E-state index contributed by atoms with van der Waals surface area (Å²) < 4.78 is 5.06. The van der Waals surface area contributed by atoms with Crippen molar-refractivity contribution < 1.29 is 9.53 Å². The van der Waals surface area contributed by atoms with Crippen molar-refractivity contribution in [3.63, 3.8) is 0 Å². The molecule has 0 unspecified atom stereocenters. The standard InChI is InChI=1S/C8H17NO2.C2H6/c1-6(2)7(3)11-8(10)9(4)5;1-2/h6-7H,1-5H3;1-2H3/t7-;/m0./s1. The first kappa shape index (κ1) is 14.8. The fourth-order valence-corrected chi connectivity index (χ4v) is 0.401. The Morgan fingerprint density at radius 3 is 1.77 bits per heavy atom. The van der Waals surface area contributed by atoms with Gasteiger partial charge in [0.25, 0.3) is 0 Å². The lowest BCUT2D eigenvalue weighted by Gasteiger charge is -2.19. The van der Waals surface area contributed by atoms with Crippen molar-refractivity contribution in [1.82, 2.24) is 4.90 Å². The molecular weight excluding hydrogens is 166 g/mol. The molecule has 1 atom stereocenters. The second kappa shape index (κ2) is 7.90. The second-order valence-electron chi connectivity index (χ2n) is 3.23. The van der Waals surface area contributed by atoms with Crippen molar-refractivity contribution in [2.24, 2.45) is 5.92 Å². The zero-order chi connectivity index (χ0) is 11.0. The fourth-order valence-electron chi connectivity index (χ4n) is 0.401. The summed E-state index contributed by atoms with van der Waals surface area (Å²) in [4.78, 5) is 12.4. The Kier molecular flexibility index (Phi) is 8.97. The van der Waals surface area contributed by atoms with E-state index in [1.807, 2.05) is 34.6 Å². The summed E-state index contributed by atoms with van der Waals surface area (Å²) in [6.07, 6.45) is -0.281. The first-order valence-corrected chi connectivity index (χ1v) is 4.83. The van der Waals surface area contributed by atoms with E-state index in [-0.39, 0.29) is 12.2 Å². The summed E-state index contributed by atoms with van der Waals surface area (Å²) >= 11 is 0. The molecule has 0 aliphatic carbocycles. The van der Waals surface area contributed by atoms with Crippen LogP contribution in [0.1, 0.15) is 34.6 Å². The van der Waals surface area contributed by atoms with Crippen LogP contribution in [-0.2, 0) is 4.74 Å². The van der Waals surface area contributed by atoms with E-state index in [9.17, 15) is 4.79 Å². The van der Waals surface area contributed by atoms with Gasteiger partial charge in [-0.15, -0.1) is 0 Å². The molecule has 13 heavy (non-hydrogen) atoms. The van der Waals surface area contributed by atoms with E-state index in [2.05, 4.69) is 0 Å². The van der Waals surface area contributed by atoms with E-state index >= 15 is 0 Å². The zero-order valence-corrected chi connectivity index (χ0v) is 9.92. The number of nitrogens with zero attached hydrogens (tertiary/aromatic N) is 1. The van der Waals surface area contributed by atoms with Gasteiger partial charge < -0.3 is 9.64 Å². The molecule has 0 N–H and O–H groups in total. The summed E-state index contributed by atoms with van der Waals surface area (Å²) in [5.41, 5.74) is 0. The van der Waals surface area contributed by atoms with E-state index < -0.39 is 0 Å². The van der Waals surface area contributed by atoms with Crippen LogP contribution in [0, 0.1) is 5.92 Å². The summed E-state index contributed by atoms with van der Waals surface area (Å²) in [6.45, 7) is 9.94. The van der Waals surface area contributed by atoms with Crippen molar-refractivity contribution >= 4 is 6.09 Å². The van der Waals surface area contributed by atoms with Gasteiger partial charge in [0, 0.05) is 14.1 Å². The van der Waals surface area contributed by atoms with Gasteiger partial charge in [0.2, 0.25) is 0 Å². The van der Waals surface area contributed by atoms with Crippen LogP contribution in [0.4, 0.5) is 4.79 Å². The third-order valence-electron chi connectivity index (χ3n) is 1.59. The van der Waals surface area contributed by atoms with Crippen LogP contribution < -0.4 is 0 Å². The lowest BCUT2D eigenvalue weighted by molar-refractivity contribution is 0.0615. The fraction of sp³-hybridized carbons (Fsp3) is 0.900. The Morgan fingerprint density at radius 2 is 1.54 bits per heavy atom. The van der Waals surface area contributed by atoms with Gasteiger partial charge in [-0.3, -0.25) is 0 Å². The molecule has 0 rings (SSSR count). The highest BCUT2D eigenvalue weighted by Gasteiger charge is 2.13. The van der Waals surface area contributed by atoms with Crippen LogP contribution in [0.25, 0.3) is 0 Å². The smallest absolute Gasteiger partial charge is 0.409 e. The molecule has 0 aliphatic rings. The van der Waals surface area contributed by atoms with Gasteiger partial charge in [-0.25, -0.2) is 4.79 Å². The third-order valence-corrected chi connectivity index (χ3v) is 1.59. The highest BCUT2D eigenvalue weighted by molar-refractivity contribution is 5.66. The number of carbonyl (C=O) groups is 1. The average Bonchev–Trinajstić information content (AvgIpc) is 2.07. The zero-order valence-electron chi connectivity index (χ0n) is 9.92. The lowest BCUT2D eigenvalue weighted by atomic mass is 10.1. The Labute approximate surface area is 82.1 Å². The topological polar surface area (TPSA) is 29.5 Å². The van der Waals surface area contributed by atoms with Gasteiger partial charge in [-0.1, -0.05) is 27.7 Å². The molecule has 0 fully saturated rings. The average molecular weight is 189 g/mol. The molecule has 80 valence electrons. The molecule has 3 nitrogen and oxygen atoms in total. The van der Waals surface area contributed by atoms with Crippen molar-refractivity contribution in [3.8, 4) is 0 Å². The molecule has 0 saturated carbocycles. The highest BCUT2D eigenvalue weighted by atomic mass is 16.6. The van der Waals surface area contributed by atoms with Gasteiger partial charge in [0.1, 0.15) is 6.10 Å². The maximum atomic E-state index is 11.0. The molecule has 0 bridgehead atoms. The molecule has 0 heterocycles. The quantitative estimate of drug-likeness (QED) is 0.668. The minimum Gasteiger partial charge on any atom is -0.446 e. The minimum absolute atomic E-state index is 0.00935. The van der Waals surface area contributed by atoms with E-state index in [0.717, 1.165) is 0 Å². The van der Waals surface area contributed by atoms with Crippen molar-refractivity contribution in [2.75, 3.05) is 14.1 Å². The first-order valence-electron chi connectivity index (χ1n) is 4.83. The summed E-state index contributed by atoms with van der Waals surface area (Å²) in [6, 6.07) is 0. The summed E-state index contributed by atoms with van der Waals surface area (Å²) in [7, 11) is 3.35. The van der Waals surface area contributed by atoms with Crippen LogP contribution in [-0.4, -0.2) is 31.2 Å². The van der Waals surface area contributed by atoms with Crippen LogP contribution >= 0.6 is 0 Å². The number of rotatable bonds is 2. The minimum atomic E-state index is -0.272. The van der Waals surface area contributed by atoms with Crippen molar-refractivity contribution in [3.05, 3.63) is 0 Å². The highest BCUT2D eigenvalue weighted by Crippen LogP contribution is 2.06. The third kappa shape index (κ3) is 7.62. The molecule has 0 aliphatic heterocycles. The molecule has 0 aromatic carbocycles. The van der Waals surface area contributed by atoms with Crippen LogP contribution in [0.15, 0.2) is 0 Å². The molecule has 0 radical (unpaired) electrons. The Hall–Kier alpha value is -0.730. The number of ether oxygens (including phenoxy) is 1. The largest absolute Gasteiger partial charge is 0.446 e. The predicted octanol–water partition coefficient (Wildman–Crippen LogP) is 2.76. The lowest BCUT2D eigenvalue weighted by Crippen LogP contribution is -2.28. The van der Waals surface area contributed by atoms with Crippen molar-refractivity contribution in [2.45, 2.75) is 40.7 Å². The van der Waals surface area contributed by atoms with Crippen LogP contribution in [0.2, 0.25) is 0 Å². The van der Waals surface area contributed by atoms with Crippen molar-refractivity contribution in [1.29, 1.82) is 0 Å². The Bertz CT molecular complexity index is 133. The maximum absolute atomic E-state index is 11.0. The molecule has 0 saturated heterocycles. The monoisotopic (exact) mass is 189 g/mol. The van der Waals surface area contributed by atoms with Gasteiger partial charge in [-0.05, 0) is 12.8 Å². The number of hydrogen-bond donors (Lipinski definition) is 0. The van der Waals surface area contributed by atoms with E-state index in [1.165, 1.54) is 4.90 Å². The van der Waals surface area contributed by atoms with Gasteiger partial charge in [0.05, 0.1) is 0 Å². The number of amides is 1. The predicted molar refractivity (Wildman–Crippen MR) is 55.8 cm³/mol. The Morgan fingerprint density at radius 1 is 1.15 bits per heavy atom. The Balaban J connectivity index is 0. The molecule has 0 aromatic rings. The van der Waals surface area contributed by atoms with Gasteiger partial charge in [-0.2, -0.15) is 0 Å². The number of hydrogen-bond acceptors (Lipinski definition) is 2.